The first-order chi connectivity index (χ1) is 13.9. The fourth-order valence-electron chi connectivity index (χ4n) is 3.72. The maximum atomic E-state index is 12.8. The van der Waals surface area contributed by atoms with Crippen molar-refractivity contribution in [2.24, 2.45) is 5.92 Å². The van der Waals surface area contributed by atoms with Crippen LogP contribution in [0.5, 0.6) is 0 Å². The summed E-state index contributed by atoms with van der Waals surface area (Å²) in [5.74, 6) is 1.34. The van der Waals surface area contributed by atoms with Gasteiger partial charge in [0.15, 0.2) is 0 Å². The van der Waals surface area contributed by atoms with Crippen molar-refractivity contribution in [1.29, 1.82) is 0 Å². The molecule has 7 heteroatoms. The maximum Gasteiger partial charge on any atom is 0.433 e. The van der Waals surface area contributed by atoms with E-state index < -0.39 is 11.9 Å². The van der Waals surface area contributed by atoms with Crippen molar-refractivity contribution >= 4 is 0 Å². The van der Waals surface area contributed by atoms with Crippen LogP contribution in [0.3, 0.4) is 0 Å². The van der Waals surface area contributed by atoms with E-state index >= 15 is 0 Å². The average Bonchev–Trinajstić information content (AvgIpc) is 3.15. The lowest BCUT2D eigenvalue weighted by Crippen LogP contribution is -2.22. The van der Waals surface area contributed by atoms with Crippen LogP contribution < -0.4 is 0 Å². The van der Waals surface area contributed by atoms with E-state index in [1.54, 1.807) is 6.07 Å². The minimum atomic E-state index is -4.42. The first kappa shape index (κ1) is 19.6. The van der Waals surface area contributed by atoms with E-state index in [9.17, 15) is 18.3 Å². The molecule has 1 aliphatic rings. The second kappa shape index (κ2) is 7.99. The van der Waals surface area contributed by atoms with Gasteiger partial charge in [-0.3, -0.25) is 4.98 Å². The highest BCUT2D eigenvalue weighted by Gasteiger charge is 2.32. The van der Waals surface area contributed by atoms with E-state index in [1.807, 2.05) is 30.5 Å². The lowest BCUT2D eigenvalue weighted by molar-refractivity contribution is -0.141. The maximum absolute atomic E-state index is 12.8. The summed E-state index contributed by atoms with van der Waals surface area (Å²) < 4.78 is 40.5. The molecule has 2 aromatic heterocycles. The van der Waals surface area contributed by atoms with Gasteiger partial charge in [0, 0.05) is 43.4 Å². The monoisotopic (exact) mass is 401 g/mol. The van der Waals surface area contributed by atoms with Crippen LogP contribution in [0.1, 0.15) is 29.1 Å². The molecule has 4 rings (SSSR count). The Labute approximate surface area is 167 Å². The van der Waals surface area contributed by atoms with E-state index in [-0.39, 0.29) is 12.5 Å². The second-order valence-electron chi connectivity index (χ2n) is 7.53. The Kier molecular flexibility index (Phi) is 5.41. The van der Waals surface area contributed by atoms with Crippen molar-refractivity contribution in [1.82, 2.24) is 14.5 Å². The third kappa shape index (κ3) is 4.50. The number of fused-ring (bicyclic) bond motifs is 1. The summed E-state index contributed by atoms with van der Waals surface area (Å²) in [7, 11) is 0. The number of aliphatic hydroxyl groups excluding tert-OH is 1. The normalized spacial score (nSPS) is 16.6. The number of halogens is 3. The van der Waals surface area contributed by atoms with E-state index in [1.165, 1.54) is 6.20 Å². The summed E-state index contributed by atoms with van der Waals surface area (Å²) in [5, 5.41) is 9.37. The Bertz CT molecular complexity index is 980. The topological polar surface area (TPSA) is 50.9 Å². The van der Waals surface area contributed by atoms with E-state index in [0.29, 0.717) is 18.4 Å². The number of imidazole rings is 1. The molecule has 0 fully saturated rings. The molecule has 0 radical (unpaired) electrons. The van der Waals surface area contributed by atoms with E-state index in [0.717, 1.165) is 48.1 Å². The first-order valence-electron chi connectivity index (χ1n) is 9.71. The molecule has 152 valence electrons. The molecule has 1 aromatic carbocycles. The number of pyridine rings is 1. The number of aryl methyl sites for hydroxylation is 3. The third-order valence-corrected chi connectivity index (χ3v) is 5.42. The summed E-state index contributed by atoms with van der Waals surface area (Å²) in [6.07, 6.45) is 1.82. The van der Waals surface area contributed by atoms with Gasteiger partial charge in [-0.2, -0.15) is 13.2 Å². The number of rotatable bonds is 5. The summed E-state index contributed by atoms with van der Waals surface area (Å²) in [5.41, 5.74) is 2.76. The van der Waals surface area contributed by atoms with Gasteiger partial charge in [-0.25, -0.2) is 4.98 Å². The highest BCUT2D eigenvalue weighted by Crippen LogP contribution is 2.28. The molecule has 1 N–H and O–H groups in total. The Balaban J connectivity index is 1.42. The SMILES string of the molecule is OCC1CCc2nc(-c3ccc(CCc4ccnc(C(F)(F)F)c4)cc3)cn2C1. The molecular formula is C22H22F3N3O. The van der Waals surface area contributed by atoms with Gasteiger partial charge in [0.2, 0.25) is 0 Å². The number of aliphatic hydroxyl groups is 1. The van der Waals surface area contributed by atoms with Crippen LogP contribution in [0, 0.1) is 5.92 Å². The van der Waals surface area contributed by atoms with Gasteiger partial charge in [-0.1, -0.05) is 24.3 Å². The summed E-state index contributed by atoms with van der Waals surface area (Å²) in [6, 6.07) is 10.7. The number of nitrogens with zero attached hydrogens (tertiary/aromatic N) is 3. The van der Waals surface area contributed by atoms with Crippen LogP contribution in [-0.2, 0) is 32.0 Å². The summed E-state index contributed by atoms with van der Waals surface area (Å²) in [6.45, 7) is 0.992. The van der Waals surface area contributed by atoms with Crippen LogP contribution in [0.2, 0.25) is 0 Å². The molecule has 3 heterocycles. The zero-order valence-electron chi connectivity index (χ0n) is 15.9. The molecule has 0 spiro atoms. The van der Waals surface area contributed by atoms with Crippen molar-refractivity contribution in [2.45, 2.75) is 38.4 Å². The molecule has 4 nitrogen and oxygen atoms in total. The predicted octanol–water partition coefficient (Wildman–Crippen LogP) is 4.30. The van der Waals surface area contributed by atoms with Crippen molar-refractivity contribution < 1.29 is 18.3 Å². The molecule has 29 heavy (non-hydrogen) atoms. The third-order valence-electron chi connectivity index (χ3n) is 5.42. The van der Waals surface area contributed by atoms with Crippen molar-refractivity contribution in [3.05, 3.63) is 71.4 Å². The largest absolute Gasteiger partial charge is 0.433 e. The standard InChI is InChI=1S/C22H22F3N3O/c23-22(24,25)20-11-16(9-10-26-20)2-1-15-3-6-18(7-4-15)19-13-28-12-17(14-29)5-8-21(28)27-19/h3-4,6-7,9-11,13,17,29H,1-2,5,8,12,14H2. The van der Waals surface area contributed by atoms with Gasteiger partial charge in [0.1, 0.15) is 11.5 Å². The van der Waals surface area contributed by atoms with E-state index in [4.69, 9.17) is 4.98 Å². The van der Waals surface area contributed by atoms with Crippen molar-refractivity contribution in [3.8, 4) is 11.3 Å². The first-order valence-corrected chi connectivity index (χ1v) is 9.71. The highest BCUT2D eigenvalue weighted by molar-refractivity contribution is 5.59. The number of alkyl halides is 3. The summed E-state index contributed by atoms with van der Waals surface area (Å²) >= 11 is 0. The van der Waals surface area contributed by atoms with E-state index in [2.05, 4.69) is 9.55 Å². The second-order valence-corrected chi connectivity index (χ2v) is 7.53. The Morgan fingerprint density at radius 2 is 1.83 bits per heavy atom. The Morgan fingerprint density at radius 1 is 1.07 bits per heavy atom. The molecular weight excluding hydrogens is 379 g/mol. The van der Waals surface area contributed by atoms with Gasteiger partial charge in [0.05, 0.1) is 5.69 Å². The summed E-state index contributed by atoms with van der Waals surface area (Å²) in [4.78, 5) is 8.11. The Hall–Kier alpha value is -2.67. The molecule has 0 aliphatic carbocycles. The van der Waals surface area contributed by atoms with Crippen molar-refractivity contribution in [2.75, 3.05) is 6.61 Å². The van der Waals surface area contributed by atoms with Gasteiger partial charge < -0.3 is 9.67 Å². The number of hydrogen-bond donors (Lipinski definition) is 1. The molecule has 1 aliphatic heterocycles. The fraction of sp³-hybridized carbons (Fsp3) is 0.364. The zero-order chi connectivity index (χ0) is 20.4. The molecule has 0 bridgehead atoms. The minimum absolute atomic E-state index is 0.198. The van der Waals surface area contributed by atoms with Crippen LogP contribution in [0.15, 0.2) is 48.8 Å². The lowest BCUT2D eigenvalue weighted by Gasteiger charge is -2.21. The van der Waals surface area contributed by atoms with Gasteiger partial charge in [-0.15, -0.1) is 0 Å². The van der Waals surface area contributed by atoms with Crippen LogP contribution in [-0.4, -0.2) is 26.2 Å². The van der Waals surface area contributed by atoms with Gasteiger partial charge in [-0.05, 0) is 42.5 Å². The van der Waals surface area contributed by atoms with Crippen LogP contribution >= 0.6 is 0 Å². The molecule has 0 saturated heterocycles. The average molecular weight is 401 g/mol. The fourth-order valence-corrected chi connectivity index (χ4v) is 3.72. The van der Waals surface area contributed by atoms with Gasteiger partial charge in [0.25, 0.3) is 0 Å². The quantitative estimate of drug-likeness (QED) is 0.693. The van der Waals surface area contributed by atoms with Crippen molar-refractivity contribution in [3.63, 3.8) is 0 Å². The zero-order valence-corrected chi connectivity index (χ0v) is 15.9. The highest BCUT2D eigenvalue weighted by atomic mass is 19.4. The van der Waals surface area contributed by atoms with Crippen LogP contribution in [0.25, 0.3) is 11.3 Å². The minimum Gasteiger partial charge on any atom is -0.396 e. The molecule has 1 unspecified atom stereocenters. The molecule has 0 amide bonds. The Morgan fingerprint density at radius 3 is 2.55 bits per heavy atom. The number of benzene rings is 1. The number of hydrogen-bond acceptors (Lipinski definition) is 3. The predicted molar refractivity (Wildman–Crippen MR) is 103 cm³/mol. The molecule has 3 aromatic rings. The van der Waals surface area contributed by atoms with Crippen LogP contribution in [0.4, 0.5) is 13.2 Å². The molecule has 0 saturated carbocycles. The molecule has 1 atom stereocenters. The smallest absolute Gasteiger partial charge is 0.396 e. The van der Waals surface area contributed by atoms with Gasteiger partial charge >= 0.3 is 6.18 Å². The lowest BCUT2D eigenvalue weighted by atomic mass is 10.0. The number of aromatic nitrogens is 3.